The van der Waals surface area contributed by atoms with Crippen LogP contribution in [0.5, 0.6) is 0 Å². The van der Waals surface area contributed by atoms with Crippen molar-refractivity contribution < 1.29 is 0 Å². The highest BCUT2D eigenvalue weighted by atomic mass is 15.3. The smallest absolute Gasteiger partial charge is 0.0678 e. The number of rotatable bonds is 6. The van der Waals surface area contributed by atoms with Crippen LogP contribution in [0.1, 0.15) is 71.3 Å². The number of hydrogen-bond donors (Lipinski definition) is 1. The van der Waals surface area contributed by atoms with E-state index in [0.29, 0.717) is 12.1 Å². The lowest BCUT2D eigenvalue weighted by atomic mass is 9.77. The van der Waals surface area contributed by atoms with Crippen molar-refractivity contribution in [1.29, 1.82) is 0 Å². The van der Waals surface area contributed by atoms with E-state index >= 15 is 0 Å². The molecule has 1 aromatic heterocycles. The van der Waals surface area contributed by atoms with Gasteiger partial charge in [-0.05, 0) is 56.6 Å². The molecule has 1 N–H and O–H groups in total. The molecule has 0 saturated heterocycles. The van der Waals surface area contributed by atoms with Crippen molar-refractivity contribution >= 4 is 0 Å². The molecule has 1 aromatic rings. The molecule has 0 radical (unpaired) electrons. The zero-order valence-corrected chi connectivity index (χ0v) is 14.5. The van der Waals surface area contributed by atoms with E-state index < -0.39 is 0 Å². The lowest BCUT2D eigenvalue weighted by Crippen LogP contribution is -2.43. The van der Waals surface area contributed by atoms with E-state index in [2.05, 4.69) is 50.7 Å². The molecule has 1 heterocycles. The fourth-order valence-electron chi connectivity index (χ4n) is 3.77. The monoisotopic (exact) mass is 291 g/mol. The van der Waals surface area contributed by atoms with Crippen molar-refractivity contribution in [2.24, 2.45) is 11.8 Å². The summed E-state index contributed by atoms with van der Waals surface area (Å²) in [5.41, 5.74) is 2.65. The molecule has 1 aliphatic carbocycles. The molecule has 21 heavy (non-hydrogen) atoms. The second-order valence-corrected chi connectivity index (χ2v) is 6.83. The third-order valence-electron chi connectivity index (χ3n) is 5.17. The van der Waals surface area contributed by atoms with E-state index in [-0.39, 0.29) is 0 Å². The summed E-state index contributed by atoms with van der Waals surface area (Å²) in [5.74, 6) is 1.62. The maximum absolute atomic E-state index is 4.93. The summed E-state index contributed by atoms with van der Waals surface area (Å²) in [7, 11) is 0. The Morgan fingerprint density at radius 2 is 2.00 bits per heavy atom. The molecule has 0 bridgehead atoms. The lowest BCUT2D eigenvalue weighted by molar-refractivity contribution is 0.161. The largest absolute Gasteiger partial charge is 0.312 e. The van der Waals surface area contributed by atoms with E-state index in [0.717, 1.165) is 31.2 Å². The third-order valence-corrected chi connectivity index (χ3v) is 5.17. The Morgan fingerprint density at radius 3 is 2.57 bits per heavy atom. The molecule has 0 aliphatic heterocycles. The van der Waals surface area contributed by atoms with Gasteiger partial charge >= 0.3 is 0 Å². The quantitative estimate of drug-likeness (QED) is 0.859. The van der Waals surface area contributed by atoms with Gasteiger partial charge in [0, 0.05) is 11.7 Å². The second kappa shape index (κ2) is 7.44. The van der Waals surface area contributed by atoms with Gasteiger partial charge in [0.2, 0.25) is 0 Å². The molecule has 0 spiro atoms. The zero-order chi connectivity index (χ0) is 15.4. The molecular formula is C18H33N3. The van der Waals surface area contributed by atoms with E-state index in [4.69, 9.17) is 5.10 Å². The maximum atomic E-state index is 4.93. The molecule has 0 aromatic carbocycles. The Bertz CT molecular complexity index is 436. The molecular weight excluding hydrogens is 258 g/mol. The SMILES string of the molecule is CCNC1CCC(C(C)C)CC1n1nc(CC)cc1CC. The number of likely N-dealkylation sites (N-methyl/N-ethyl adjacent to an activating group) is 1. The van der Waals surface area contributed by atoms with Crippen LogP contribution < -0.4 is 5.32 Å². The average Bonchev–Trinajstić information content (AvgIpc) is 2.91. The Morgan fingerprint density at radius 1 is 1.24 bits per heavy atom. The van der Waals surface area contributed by atoms with E-state index in [1.54, 1.807) is 0 Å². The minimum Gasteiger partial charge on any atom is -0.312 e. The van der Waals surface area contributed by atoms with Gasteiger partial charge in [-0.15, -0.1) is 0 Å². The van der Waals surface area contributed by atoms with Crippen LogP contribution >= 0.6 is 0 Å². The molecule has 3 unspecified atom stereocenters. The van der Waals surface area contributed by atoms with Gasteiger partial charge < -0.3 is 5.32 Å². The second-order valence-electron chi connectivity index (χ2n) is 6.83. The Balaban J connectivity index is 2.28. The van der Waals surface area contributed by atoms with Gasteiger partial charge in [-0.3, -0.25) is 4.68 Å². The van der Waals surface area contributed by atoms with Crippen molar-refractivity contribution in [2.75, 3.05) is 6.54 Å². The summed E-state index contributed by atoms with van der Waals surface area (Å²) in [5, 5.41) is 8.64. The van der Waals surface area contributed by atoms with Gasteiger partial charge in [0.15, 0.2) is 0 Å². The van der Waals surface area contributed by atoms with E-state index in [1.807, 2.05) is 0 Å². The van der Waals surface area contributed by atoms with Gasteiger partial charge in [0.05, 0.1) is 11.7 Å². The molecule has 3 nitrogen and oxygen atoms in total. The van der Waals surface area contributed by atoms with Gasteiger partial charge in [-0.1, -0.05) is 34.6 Å². The van der Waals surface area contributed by atoms with Crippen molar-refractivity contribution in [1.82, 2.24) is 15.1 Å². The highest BCUT2D eigenvalue weighted by Gasteiger charge is 2.33. The Kier molecular flexibility index (Phi) is 5.86. The summed E-state index contributed by atoms with van der Waals surface area (Å²) in [6.07, 6.45) is 6.02. The predicted octanol–water partition coefficient (Wildman–Crippen LogP) is 3.98. The number of aryl methyl sites for hydroxylation is 2. The van der Waals surface area contributed by atoms with Gasteiger partial charge in [0.1, 0.15) is 0 Å². The molecule has 1 aliphatic rings. The predicted molar refractivity (Wildman–Crippen MR) is 89.7 cm³/mol. The van der Waals surface area contributed by atoms with Crippen LogP contribution in [0.15, 0.2) is 6.07 Å². The van der Waals surface area contributed by atoms with Crippen LogP contribution in [-0.2, 0) is 12.8 Å². The molecule has 1 fully saturated rings. The third kappa shape index (κ3) is 3.68. The highest BCUT2D eigenvalue weighted by Crippen LogP contribution is 2.37. The van der Waals surface area contributed by atoms with Crippen LogP contribution in [0.25, 0.3) is 0 Å². The number of nitrogens with zero attached hydrogens (tertiary/aromatic N) is 2. The number of aromatic nitrogens is 2. The van der Waals surface area contributed by atoms with Crippen LogP contribution in [0.3, 0.4) is 0 Å². The first kappa shape index (κ1) is 16.5. The standard InChI is InChI=1S/C18H33N3/c1-6-15-12-16(7-2)21(20-15)18-11-14(13(4)5)9-10-17(18)19-8-3/h12-14,17-19H,6-11H2,1-5H3. The number of nitrogens with one attached hydrogen (secondary N) is 1. The molecule has 3 heteroatoms. The topological polar surface area (TPSA) is 29.9 Å². The fraction of sp³-hybridized carbons (Fsp3) is 0.833. The van der Waals surface area contributed by atoms with E-state index in [1.165, 1.54) is 30.7 Å². The first-order valence-electron chi connectivity index (χ1n) is 8.91. The average molecular weight is 291 g/mol. The van der Waals surface area contributed by atoms with Gasteiger partial charge in [0.25, 0.3) is 0 Å². The first-order chi connectivity index (χ1) is 10.1. The lowest BCUT2D eigenvalue weighted by Gasteiger charge is -2.39. The molecule has 120 valence electrons. The highest BCUT2D eigenvalue weighted by molar-refractivity contribution is 5.12. The maximum Gasteiger partial charge on any atom is 0.0678 e. The van der Waals surface area contributed by atoms with Crippen molar-refractivity contribution in [2.45, 2.75) is 78.8 Å². The summed E-state index contributed by atoms with van der Waals surface area (Å²) in [6.45, 7) is 12.5. The minimum absolute atomic E-state index is 0.529. The van der Waals surface area contributed by atoms with Crippen molar-refractivity contribution in [3.05, 3.63) is 17.5 Å². The molecule has 2 rings (SSSR count). The summed E-state index contributed by atoms with van der Waals surface area (Å²) in [6, 6.07) is 3.42. The van der Waals surface area contributed by atoms with Crippen molar-refractivity contribution in [3.63, 3.8) is 0 Å². The first-order valence-corrected chi connectivity index (χ1v) is 8.91. The summed E-state index contributed by atoms with van der Waals surface area (Å²) in [4.78, 5) is 0. The molecule has 0 amide bonds. The van der Waals surface area contributed by atoms with Crippen LogP contribution in [0, 0.1) is 11.8 Å². The van der Waals surface area contributed by atoms with E-state index in [9.17, 15) is 0 Å². The van der Waals surface area contributed by atoms with Crippen LogP contribution in [0.2, 0.25) is 0 Å². The van der Waals surface area contributed by atoms with Crippen molar-refractivity contribution in [3.8, 4) is 0 Å². The molecule has 3 atom stereocenters. The fourth-order valence-corrected chi connectivity index (χ4v) is 3.77. The minimum atomic E-state index is 0.529. The Hall–Kier alpha value is -0.830. The van der Waals surface area contributed by atoms with Gasteiger partial charge in [-0.2, -0.15) is 5.10 Å². The summed E-state index contributed by atoms with van der Waals surface area (Å²) >= 11 is 0. The van der Waals surface area contributed by atoms with Crippen LogP contribution in [0.4, 0.5) is 0 Å². The molecule has 1 saturated carbocycles. The normalized spacial score (nSPS) is 26.5. The van der Waals surface area contributed by atoms with Gasteiger partial charge in [-0.25, -0.2) is 0 Å². The summed E-state index contributed by atoms with van der Waals surface area (Å²) < 4.78 is 2.36. The Labute approximate surface area is 130 Å². The number of hydrogen-bond acceptors (Lipinski definition) is 2. The van der Waals surface area contributed by atoms with Crippen LogP contribution in [-0.4, -0.2) is 22.4 Å². The zero-order valence-electron chi connectivity index (χ0n) is 14.5.